The molecular formula is C15H22O2. The summed E-state index contributed by atoms with van der Waals surface area (Å²) in [5, 5.41) is 21.8. The molecule has 3 aliphatic rings. The van der Waals surface area contributed by atoms with E-state index in [1.54, 1.807) is 0 Å². The molecule has 17 heavy (non-hydrogen) atoms. The average molecular weight is 234 g/mol. The van der Waals surface area contributed by atoms with Gasteiger partial charge < -0.3 is 10.2 Å². The Morgan fingerprint density at radius 3 is 2.59 bits per heavy atom. The van der Waals surface area contributed by atoms with Gasteiger partial charge in [0.15, 0.2) is 0 Å². The first-order valence-electron chi connectivity index (χ1n) is 6.86. The van der Waals surface area contributed by atoms with Crippen molar-refractivity contribution in [2.45, 2.75) is 63.1 Å². The molecule has 1 saturated carbocycles. The molecule has 0 radical (unpaired) electrons. The Hall–Kier alpha value is -0.600. The van der Waals surface area contributed by atoms with E-state index in [1.165, 1.54) is 11.1 Å². The number of hydrogen-bond donors (Lipinski definition) is 2. The summed E-state index contributed by atoms with van der Waals surface area (Å²) in [5.74, 6) is -0.0463. The molecule has 3 atom stereocenters. The van der Waals surface area contributed by atoms with E-state index in [2.05, 4.69) is 19.1 Å². The predicted molar refractivity (Wildman–Crippen MR) is 67.5 cm³/mol. The standard InChI is InChI=1S/C15H22O2/c1-11-5-9-15(17)8-3-7-14(16)6-2-4-12(10-11)13(14)15/h4,10,13,16-17H,2-3,5-9H2,1H3/t13-,14-,15+/m0/s1. The number of hydrogen-bond acceptors (Lipinski definition) is 2. The molecule has 2 nitrogen and oxygen atoms in total. The van der Waals surface area contributed by atoms with E-state index < -0.39 is 11.2 Å². The van der Waals surface area contributed by atoms with Gasteiger partial charge in [-0.2, -0.15) is 0 Å². The predicted octanol–water partition coefficient (Wildman–Crippen LogP) is 2.71. The maximum absolute atomic E-state index is 10.9. The Balaban J connectivity index is 2.10. The van der Waals surface area contributed by atoms with Crippen LogP contribution in [-0.4, -0.2) is 21.4 Å². The van der Waals surface area contributed by atoms with Crippen molar-refractivity contribution in [3.05, 3.63) is 23.3 Å². The first-order chi connectivity index (χ1) is 8.04. The molecule has 0 amide bonds. The first-order valence-corrected chi connectivity index (χ1v) is 6.86. The zero-order valence-electron chi connectivity index (χ0n) is 10.6. The summed E-state index contributed by atoms with van der Waals surface area (Å²) >= 11 is 0. The normalized spacial score (nSPS) is 45.5. The third-order valence-corrected chi connectivity index (χ3v) is 4.95. The van der Waals surface area contributed by atoms with E-state index in [1.807, 2.05) is 0 Å². The van der Waals surface area contributed by atoms with Gasteiger partial charge in [-0.3, -0.25) is 0 Å². The minimum absolute atomic E-state index is 0.0463. The largest absolute Gasteiger partial charge is 0.389 e. The van der Waals surface area contributed by atoms with Crippen LogP contribution in [0.5, 0.6) is 0 Å². The van der Waals surface area contributed by atoms with Gasteiger partial charge in [0.05, 0.1) is 11.2 Å². The van der Waals surface area contributed by atoms with Crippen molar-refractivity contribution in [1.29, 1.82) is 0 Å². The Morgan fingerprint density at radius 1 is 1.12 bits per heavy atom. The zero-order valence-corrected chi connectivity index (χ0v) is 10.6. The highest BCUT2D eigenvalue weighted by Gasteiger charge is 2.54. The van der Waals surface area contributed by atoms with Gasteiger partial charge in [0.25, 0.3) is 0 Å². The fourth-order valence-corrected chi connectivity index (χ4v) is 4.17. The van der Waals surface area contributed by atoms with Gasteiger partial charge in [-0.05, 0) is 57.4 Å². The van der Waals surface area contributed by atoms with Crippen LogP contribution in [0.15, 0.2) is 23.3 Å². The van der Waals surface area contributed by atoms with Gasteiger partial charge in [-0.25, -0.2) is 0 Å². The van der Waals surface area contributed by atoms with E-state index >= 15 is 0 Å². The molecule has 2 heteroatoms. The SMILES string of the molecule is CC1=CC2=CCC[C@]3(O)CCC[C@@](O)(CC1)[C@@H]23. The van der Waals surface area contributed by atoms with Crippen molar-refractivity contribution in [1.82, 2.24) is 0 Å². The molecule has 3 aliphatic carbocycles. The van der Waals surface area contributed by atoms with Crippen LogP contribution in [0.2, 0.25) is 0 Å². The smallest absolute Gasteiger partial charge is 0.0746 e. The van der Waals surface area contributed by atoms with Crippen LogP contribution < -0.4 is 0 Å². The molecule has 0 aliphatic heterocycles. The highest BCUT2D eigenvalue weighted by atomic mass is 16.3. The molecule has 1 fully saturated rings. The van der Waals surface area contributed by atoms with Gasteiger partial charge in [0, 0.05) is 5.92 Å². The molecule has 2 N–H and O–H groups in total. The summed E-state index contributed by atoms with van der Waals surface area (Å²) in [6.07, 6.45) is 10.6. The summed E-state index contributed by atoms with van der Waals surface area (Å²) in [4.78, 5) is 0. The lowest BCUT2D eigenvalue weighted by Gasteiger charge is -2.51. The van der Waals surface area contributed by atoms with Crippen LogP contribution in [0.4, 0.5) is 0 Å². The lowest BCUT2D eigenvalue weighted by atomic mass is 9.59. The van der Waals surface area contributed by atoms with E-state index in [0.29, 0.717) is 0 Å². The van der Waals surface area contributed by atoms with Gasteiger partial charge in [0.2, 0.25) is 0 Å². The summed E-state index contributed by atoms with van der Waals surface area (Å²) < 4.78 is 0. The van der Waals surface area contributed by atoms with Crippen molar-refractivity contribution in [2.75, 3.05) is 0 Å². The minimum Gasteiger partial charge on any atom is -0.389 e. The van der Waals surface area contributed by atoms with E-state index in [4.69, 9.17) is 0 Å². The minimum atomic E-state index is -0.673. The molecule has 0 heterocycles. The summed E-state index contributed by atoms with van der Waals surface area (Å²) in [6, 6.07) is 0. The van der Waals surface area contributed by atoms with Gasteiger partial charge in [-0.15, -0.1) is 0 Å². The fourth-order valence-electron chi connectivity index (χ4n) is 4.17. The van der Waals surface area contributed by atoms with Crippen molar-refractivity contribution >= 4 is 0 Å². The second-order valence-electron chi connectivity index (χ2n) is 6.23. The fraction of sp³-hybridized carbons (Fsp3) is 0.733. The summed E-state index contributed by atoms with van der Waals surface area (Å²) in [6.45, 7) is 2.13. The lowest BCUT2D eigenvalue weighted by molar-refractivity contribution is -0.151. The van der Waals surface area contributed by atoms with Crippen LogP contribution >= 0.6 is 0 Å². The Bertz CT molecular complexity index is 396. The van der Waals surface area contributed by atoms with E-state index in [9.17, 15) is 10.2 Å². The third kappa shape index (κ3) is 1.69. The maximum atomic E-state index is 10.9. The molecule has 0 spiro atoms. The van der Waals surface area contributed by atoms with E-state index in [-0.39, 0.29) is 5.92 Å². The van der Waals surface area contributed by atoms with Crippen LogP contribution in [0.1, 0.15) is 51.9 Å². The molecule has 3 rings (SSSR count). The van der Waals surface area contributed by atoms with E-state index in [0.717, 1.165) is 44.9 Å². The van der Waals surface area contributed by atoms with Crippen LogP contribution in [-0.2, 0) is 0 Å². The molecule has 0 unspecified atom stereocenters. The molecule has 0 bridgehead atoms. The topological polar surface area (TPSA) is 40.5 Å². The number of allylic oxidation sites excluding steroid dienone is 3. The molecule has 0 aromatic rings. The second kappa shape index (κ2) is 3.69. The second-order valence-corrected chi connectivity index (χ2v) is 6.23. The van der Waals surface area contributed by atoms with Crippen LogP contribution in [0, 0.1) is 5.92 Å². The van der Waals surface area contributed by atoms with Crippen molar-refractivity contribution in [2.24, 2.45) is 5.92 Å². The Kier molecular flexibility index (Phi) is 2.50. The summed E-state index contributed by atoms with van der Waals surface area (Å²) in [7, 11) is 0. The van der Waals surface area contributed by atoms with Gasteiger partial charge in [0.1, 0.15) is 0 Å². The zero-order chi connectivity index (χ0) is 12.1. The molecular weight excluding hydrogens is 212 g/mol. The molecule has 94 valence electrons. The average Bonchev–Trinajstić information content (AvgIpc) is 2.38. The van der Waals surface area contributed by atoms with Gasteiger partial charge in [-0.1, -0.05) is 17.7 Å². The van der Waals surface area contributed by atoms with Crippen molar-refractivity contribution < 1.29 is 10.2 Å². The Morgan fingerprint density at radius 2 is 1.82 bits per heavy atom. The molecule has 0 saturated heterocycles. The molecule has 0 aromatic carbocycles. The Labute approximate surface area is 103 Å². The van der Waals surface area contributed by atoms with Gasteiger partial charge >= 0.3 is 0 Å². The number of rotatable bonds is 0. The first kappa shape index (κ1) is 11.5. The third-order valence-electron chi connectivity index (χ3n) is 4.95. The highest BCUT2D eigenvalue weighted by Crippen LogP contribution is 2.52. The maximum Gasteiger partial charge on any atom is 0.0746 e. The van der Waals surface area contributed by atoms with Crippen LogP contribution in [0.3, 0.4) is 0 Å². The lowest BCUT2D eigenvalue weighted by Crippen LogP contribution is -2.56. The molecule has 0 aromatic heterocycles. The quantitative estimate of drug-likeness (QED) is 0.676. The van der Waals surface area contributed by atoms with Crippen molar-refractivity contribution in [3.63, 3.8) is 0 Å². The highest BCUT2D eigenvalue weighted by molar-refractivity contribution is 5.36. The van der Waals surface area contributed by atoms with Crippen LogP contribution in [0.25, 0.3) is 0 Å². The number of aliphatic hydroxyl groups is 2. The monoisotopic (exact) mass is 234 g/mol. The van der Waals surface area contributed by atoms with Crippen molar-refractivity contribution in [3.8, 4) is 0 Å². The summed E-state index contributed by atoms with van der Waals surface area (Å²) in [5.41, 5.74) is 1.20.